The largest absolute Gasteiger partial charge is 0.351 e. The van der Waals surface area contributed by atoms with Crippen molar-refractivity contribution in [2.24, 2.45) is 0 Å². The monoisotopic (exact) mass is 432 g/mol. The van der Waals surface area contributed by atoms with E-state index in [0.717, 1.165) is 47.4 Å². The summed E-state index contributed by atoms with van der Waals surface area (Å²) in [5, 5.41) is 5.21. The normalized spacial score (nSPS) is 14.9. The van der Waals surface area contributed by atoms with Gasteiger partial charge in [0.25, 0.3) is 0 Å². The minimum absolute atomic E-state index is 0.0801. The van der Waals surface area contributed by atoms with Gasteiger partial charge in [-0.15, -0.1) is 11.3 Å². The number of rotatable bonds is 7. The van der Waals surface area contributed by atoms with E-state index in [0.29, 0.717) is 0 Å². The van der Waals surface area contributed by atoms with Crippen molar-refractivity contribution in [2.45, 2.75) is 51.1 Å². The molecule has 2 aromatic carbocycles. The molecule has 0 saturated heterocycles. The van der Waals surface area contributed by atoms with Crippen LogP contribution in [-0.4, -0.2) is 17.9 Å². The summed E-state index contributed by atoms with van der Waals surface area (Å²) in [6.07, 6.45) is 4.55. The van der Waals surface area contributed by atoms with Crippen LogP contribution >= 0.6 is 11.3 Å². The molecular formula is C26H28N2O2S. The molecule has 1 aromatic heterocycles. The first-order chi connectivity index (χ1) is 15.1. The van der Waals surface area contributed by atoms with Gasteiger partial charge in [-0.25, -0.2) is 0 Å². The van der Waals surface area contributed by atoms with Gasteiger partial charge in [-0.1, -0.05) is 61.4 Å². The van der Waals surface area contributed by atoms with Gasteiger partial charge >= 0.3 is 0 Å². The number of amides is 2. The SMILES string of the molecule is Cc1ccccc1[C@H](C(=O)NC1CCCC1)N(C(=O)Cc1cccs1)c1ccccc1. The number of hydrogen-bond acceptors (Lipinski definition) is 3. The highest BCUT2D eigenvalue weighted by atomic mass is 32.1. The summed E-state index contributed by atoms with van der Waals surface area (Å²) in [5.41, 5.74) is 2.60. The van der Waals surface area contributed by atoms with E-state index in [1.54, 1.807) is 16.2 Å². The molecule has 1 aliphatic carbocycles. The van der Waals surface area contributed by atoms with E-state index in [4.69, 9.17) is 0 Å². The number of thiophene rings is 1. The van der Waals surface area contributed by atoms with Crippen LogP contribution in [0, 0.1) is 6.92 Å². The van der Waals surface area contributed by atoms with Gasteiger partial charge in [0.2, 0.25) is 11.8 Å². The van der Waals surface area contributed by atoms with Gasteiger partial charge in [-0.05, 0) is 54.5 Å². The Balaban J connectivity index is 1.75. The number of benzene rings is 2. The fourth-order valence-electron chi connectivity index (χ4n) is 4.31. The Morgan fingerprint density at radius 1 is 1.00 bits per heavy atom. The van der Waals surface area contributed by atoms with Gasteiger partial charge in [0.05, 0.1) is 6.42 Å². The van der Waals surface area contributed by atoms with Crippen molar-refractivity contribution in [3.05, 3.63) is 88.1 Å². The topological polar surface area (TPSA) is 49.4 Å². The maximum atomic E-state index is 13.7. The average Bonchev–Trinajstić information content (AvgIpc) is 3.47. The molecule has 0 aliphatic heterocycles. The second-order valence-electron chi connectivity index (χ2n) is 8.10. The summed E-state index contributed by atoms with van der Waals surface area (Å²) in [5.74, 6) is -0.187. The summed E-state index contributed by atoms with van der Waals surface area (Å²) in [7, 11) is 0. The molecule has 2 amide bonds. The molecule has 0 bridgehead atoms. The highest BCUT2D eigenvalue weighted by Gasteiger charge is 2.35. The maximum Gasteiger partial charge on any atom is 0.248 e. The molecule has 1 heterocycles. The molecule has 0 unspecified atom stereocenters. The Hall–Kier alpha value is -2.92. The second kappa shape index (κ2) is 9.92. The molecule has 1 atom stereocenters. The number of carbonyl (C=O) groups excluding carboxylic acids is 2. The van der Waals surface area contributed by atoms with E-state index >= 15 is 0 Å². The summed E-state index contributed by atoms with van der Waals surface area (Å²) in [6.45, 7) is 2.00. The molecule has 1 fully saturated rings. The third kappa shape index (κ3) is 5.05. The van der Waals surface area contributed by atoms with E-state index in [-0.39, 0.29) is 24.3 Å². The van der Waals surface area contributed by atoms with Gasteiger partial charge in [0.15, 0.2) is 0 Å². The van der Waals surface area contributed by atoms with Crippen molar-refractivity contribution in [1.29, 1.82) is 0 Å². The van der Waals surface area contributed by atoms with Crippen molar-refractivity contribution < 1.29 is 9.59 Å². The Morgan fingerprint density at radius 2 is 1.71 bits per heavy atom. The highest BCUT2D eigenvalue weighted by molar-refractivity contribution is 7.10. The van der Waals surface area contributed by atoms with Crippen molar-refractivity contribution in [1.82, 2.24) is 5.32 Å². The van der Waals surface area contributed by atoms with E-state index in [2.05, 4.69) is 5.32 Å². The zero-order chi connectivity index (χ0) is 21.6. The molecular weight excluding hydrogens is 404 g/mol. The summed E-state index contributed by atoms with van der Waals surface area (Å²) >= 11 is 1.56. The zero-order valence-electron chi connectivity index (χ0n) is 17.8. The lowest BCUT2D eigenvalue weighted by molar-refractivity contribution is -0.127. The average molecular weight is 433 g/mol. The number of carbonyl (C=O) groups is 2. The smallest absolute Gasteiger partial charge is 0.248 e. The summed E-state index contributed by atoms with van der Waals surface area (Å²) < 4.78 is 0. The summed E-state index contributed by atoms with van der Waals surface area (Å²) in [6, 6.07) is 20.8. The molecule has 4 nitrogen and oxygen atoms in total. The Kier molecular flexibility index (Phi) is 6.82. The number of para-hydroxylation sites is 1. The van der Waals surface area contributed by atoms with Crippen LogP contribution in [0.15, 0.2) is 72.1 Å². The third-order valence-corrected chi connectivity index (χ3v) is 6.78. The number of hydrogen-bond donors (Lipinski definition) is 1. The van der Waals surface area contributed by atoms with Gasteiger partial charge in [0.1, 0.15) is 6.04 Å². The van der Waals surface area contributed by atoms with Crippen LogP contribution in [0.4, 0.5) is 5.69 Å². The molecule has 3 aromatic rings. The molecule has 160 valence electrons. The molecule has 1 aliphatic rings. The highest BCUT2D eigenvalue weighted by Crippen LogP contribution is 2.31. The fraction of sp³-hybridized carbons (Fsp3) is 0.308. The quantitative estimate of drug-likeness (QED) is 0.541. The number of anilines is 1. The van der Waals surface area contributed by atoms with Crippen LogP contribution in [-0.2, 0) is 16.0 Å². The van der Waals surface area contributed by atoms with Crippen LogP contribution in [0.5, 0.6) is 0 Å². The molecule has 0 spiro atoms. The molecule has 1 saturated carbocycles. The van der Waals surface area contributed by atoms with Gasteiger partial charge in [-0.2, -0.15) is 0 Å². The predicted molar refractivity (Wildman–Crippen MR) is 126 cm³/mol. The van der Waals surface area contributed by atoms with Crippen molar-refractivity contribution in [3.63, 3.8) is 0 Å². The van der Waals surface area contributed by atoms with Crippen LogP contribution < -0.4 is 10.2 Å². The molecule has 1 N–H and O–H groups in total. The number of nitrogens with one attached hydrogen (secondary N) is 1. The van der Waals surface area contributed by atoms with Crippen LogP contribution in [0.25, 0.3) is 0 Å². The second-order valence-corrected chi connectivity index (χ2v) is 9.14. The number of nitrogens with zero attached hydrogens (tertiary/aromatic N) is 1. The minimum Gasteiger partial charge on any atom is -0.351 e. The Bertz CT molecular complexity index is 1010. The van der Waals surface area contributed by atoms with E-state index in [9.17, 15) is 9.59 Å². The van der Waals surface area contributed by atoms with Crippen LogP contribution in [0.3, 0.4) is 0 Å². The first-order valence-electron chi connectivity index (χ1n) is 10.9. The molecule has 0 radical (unpaired) electrons. The lowest BCUT2D eigenvalue weighted by Crippen LogP contribution is -2.47. The van der Waals surface area contributed by atoms with Gasteiger partial charge in [0, 0.05) is 16.6 Å². The van der Waals surface area contributed by atoms with Gasteiger partial charge in [-0.3, -0.25) is 14.5 Å². The molecule has 4 rings (SSSR count). The van der Waals surface area contributed by atoms with Crippen LogP contribution in [0.1, 0.15) is 47.7 Å². The lowest BCUT2D eigenvalue weighted by atomic mass is 9.97. The fourth-order valence-corrected chi connectivity index (χ4v) is 5.01. The number of aryl methyl sites for hydroxylation is 1. The predicted octanol–water partition coefficient (Wildman–Crippen LogP) is 5.43. The minimum atomic E-state index is -0.711. The standard InChI is InChI=1S/C26H28N2O2S/c1-19-10-5-8-16-23(19)25(26(30)27-20-11-6-7-12-20)28(21-13-3-2-4-14-21)24(29)18-22-15-9-17-31-22/h2-5,8-10,13-17,20,25H,6-7,11-12,18H2,1H3,(H,27,30)/t25-/m1/s1. The Morgan fingerprint density at radius 3 is 2.39 bits per heavy atom. The first kappa shape index (κ1) is 21.3. The molecule has 5 heteroatoms. The first-order valence-corrected chi connectivity index (χ1v) is 11.8. The van der Waals surface area contributed by atoms with Crippen molar-refractivity contribution >= 4 is 28.8 Å². The summed E-state index contributed by atoms with van der Waals surface area (Å²) in [4.78, 5) is 30.0. The molecule has 31 heavy (non-hydrogen) atoms. The Labute approximate surface area is 187 Å². The van der Waals surface area contributed by atoms with Gasteiger partial charge < -0.3 is 5.32 Å². The van der Waals surface area contributed by atoms with Crippen LogP contribution in [0.2, 0.25) is 0 Å². The van der Waals surface area contributed by atoms with E-state index in [1.165, 1.54) is 0 Å². The van der Waals surface area contributed by atoms with E-state index < -0.39 is 6.04 Å². The lowest BCUT2D eigenvalue weighted by Gasteiger charge is -2.33. The van der Waals surface area contributed by atoms with Crippen molar-refractivity contribution in [2.75, 3.05) is 4.90 Å². The van der Waals surface area contributed by atoms with E-state index in [1.807, 2.05) is 79.0 Å². The zero-order valence-corrected chi connectivity index (χ0v) is 18.6. The van der Waals surface area contributed by atoms with Crippen molar-refractivity contribution in [3.8, 4) is 0 Å². The third-order valence-electron chi connectivity index (χ3n) is 5.90. The maximum absolute atomic E-state index is 13.7.